The Balaban J connectivity index is 1.54. The number of hydrogen-bond acceptors (Lipinski definition) is 9. The number of anilines is 3. The second kappa shape index (κ2) is 11.4. The summed E-state index contributed by atoms with van der Waals surface area (Å²) in [5.41, 5.74) is 9.16. The molecule has 2 aromatic heterocycles. The van der Waals surface area contributed by atoms with E-state index in [1.165, 1.54) is 0 Å². The summed E-state index contributed by atoms with van der Waals surface area (Å²) in [5.74, 6) is 2.39. The molecule has 202 valence electrons. The van der Waals surface area contributed by atoms with Crippen LogP contribution in [0.5, 0.6) is 11.6 Å². The number of aryl methyl sites for hydroxylation is 1. The topological polar surface area (TPSA) is 88.8 Å². The number of benzene rings is 1. The lowest BCUT2D eigenvalue weighted by atomic mass is 9.93. The maximum atomic E-state index is 6.51. The fraction of sp³-hybridized carbons (Fsp3) is 0.571. The van der Waals surface area contributed by atoms with Gasteiger partial charge in [-0.3, -0.25) is 0 Å². The molecule has 1 saturated heterocycles. The Labute approximate surface area is 225 Å². The van der Waals surface area contributed by atoms with Gasteiger partial charge in [-0.2, -0.15) is 4.98 Å². The van der Waals surface area contributed by atoms with Crippen molar-refractivity contribution in [2.75, 3.05) is 51.1 Å². The lowest BCUT2D eigenvalue weighted by Crippen LogP contribution is -2.43. The zero-order valence-corrected chi connectivity index (χ0v) is 24.1. The zero-order valence-electron chi connectivity index (χ0n) is 23.3. The van der Waals surface area contributed by atoms with E-state index in [0.29, 0.717) is 30.4 Å². The predicted octanol–water partition coefficient (Wildman–Crippen LogP) is 5.42. The average molecular weight is 527 g/mol. The average Bonchev–Trinajstić information content (AvgIpc) is 3.22. The maximum Gasteiger partial charge on any atom is 0.231 e. The summed E-state index contributed by atoms with van der Waals surface area (Å²) in [7, 11) is 6.04. The van der Waals surface area contributed by atoms with Gasteiger partial charge in [0.15, 0.2) is 0 Å². The first-order valence-electron chi connectivity index (χ1n) is 13.1. The van der Waals surface area contributed by atoms with Crippen molar-refractivity contribution in [3.63, 3.8) is 0 Å². The third-order valence-corrected chi connectivity index (χ3v) is 7.96. The molecular formula is C28H42N6O2S. The van der Waals surface area contributed by atoms with Crippen molar-refractivity contribution < 1.29 is 9.47 Å². The molecule has 4 rings (SSSR count). The maximum absolute atomic E-state index is 6.51. The van der Waals surface area contributed by atoms with Crippen molar-refractivity contribution in [2.24, 2.45) is 11.7 Å². The number of methoxy groups -OCH3 is 1. The van der Waals surface area contributed by atoms with E-state index in [1.807, 2.05) is 13.0 Å². The number of hydrogen-bond donors (Lipinski definition) is 2. The molecule has 3 N–H and O–H groups in total. The van der Waals surface area contributed by atoms with Gasteiger partial charge in [-0.25, -0.2) is 4.98 Å². The van der Waals surface area contributed by atoms with Gasteiger partial charge in [-0.1, -0.05) is 13.8 Å². The number of nitrogens with one attached hydrogen (secondary N) is 1. The second-order valence-electron chi connectivity index (χ2n) is 11.2. The fourth-order valence-corrected chi connectivity index (χ4v) is 6.11. The van der Waals surface area contributed by atoms with Gasteiger partial charge in [-0.15, -0.1) is 11.3 Å². The lowest BCUT2D eigenvalue weighted by molar-refractivity contribution is 0.203. The Morgan fingerprint density at radius 2 is 1.97 bits per heavy atom. The highest BCUT2D eigenvalue weighted by Crippen LogP contribution is 2.36. The molecule has 0 bridgehead atoms. The van der Waals surface area contributed by atoms with E-state index in [1.54, 1.807) is 18.4 Å². The zero-order chi connectivity index (χ0) is 26.7. The summed E-state index contributed by atoms with van der Waals surface area (Å²) in [5, 5.41) is 6.41. The Morgan fingerprint density at radius 3 is 2.62 bits per heavy atom. The van der Waals surface area contributed by atoms with Gasteiger partial charge in [-0.05, 0) is 76.2 Å². The molecule has 8 nitrogen and oxygen atoms in total. The molecule has 3 aromatic rings. The summed E-state index contributed by atoms with van der Waals surface area (Å²) in [4.78, 5) is 15.1. The number of thiophene rings is 1. The minimum Gasteiger partial charge on any atom is -0.495 e. The van der Waals surface area contributed by atoms with Crippen molar-refractivity contribution in [2.45, 2.75) is 58.5 Å². The van der Waals surface area contributed by atoms with Crippen LogP contribution in [0.3, 0.4) is 0 Å². The van der Waals surface area contributed by atoms with E-state index in [4.69, 9.17) is 25.2 Å². The molecule has 1 aliphatic heterocycles. The monoisotopic (exact) mass is 526 g/mol. The minimum atomic E-state index is -0.437. The van der Waals surface area contributed by atoms with Crippen LogP contribution in [0.25, 0.3) is 10.2 Å². The van der Waals surface area contributed by atoms with Crippen LogP contribution in [0.2, 0.25) is 0 Å². The van der Waals surface area contributed by atoms with Gasteiger partial charge in [0.2, 0.25) is 11.8 Å². The third kappa shape index (κ3) is 6.64. The summed E-state index contributed by atoms with van der Waals surface area (Å²) in [6.07, 6.45) is 3.16. The van der Waals surface area contributed by atoms with E-state index in [2.05, 4.69) is 67.5 Å². The van der Waals surface area contributed by atoms with Gasteiger partial charge in [0.1, 0.15) is 17.2 Å². The molecule has 1 fully saturated rings. The van der Waals surface area contributed by atoms with Gasteiger partial charge >= 0.3 is 0 Å². The van der Waals surface area contributed by atoms with E-state index in [9.17, 15) is 0 Å². The molecule has 0 aliphatic carbocycles. The minimum absolute atomic E-state index is 0.388. The predicted molar refractivity (Wildman–Crippen MR) is 155 cm³/mol. The molecular weight excluding hydrogens is 484 g/mol. The molecule has 1 aliphatic rings. The molecule has 0 saturated carbocycles. The van der Waals surface area contributed by atoms with Crippen LogP contribution in [0.4, 0.5) is 17.3 Å². The van der Waals surface area contributed by atoms with Crippen molar-refractivity contribution in [1.82, 2.24) is 14.9 Å². The largest absolute Gasteiger partial charge is 0.495 e. The SMILES string of the molecule is COc1cc(Nc2nc(OC[C@@](C)(N)CC(C)C)c3c(C)csc3n2)ccc1N1CCC(N(C)C)CC1. The molecule has 0 radical (unpaired) electrons. The highest BCUT2D eigenvalue weighted by atomic mass is 32.1. The molecule has 1 atom stereocenters. The van der Waals surface area contributed by atoms with Crippen molar-refractivity contribution in [3.8, 4) is 11.6 Å². The Bertz CT molecular complexity index is 1200. The van der Waals surface area contributed by atoms with Crippen molar-refractivity contribution in [3.05, 3.63) is 29.1 Å². The van der Waals surface area contributed by atoms with Crippen LogP contribution in [0, 0.1) is 12.8 Å². The van der Waals surface area contributed by atoms with E-state index >= 15 is 0 Å². The molecule has 1 aromatic carbocycles. The number of fused-ring (bicyclic) bond motifs is 1. The van der Waals surface area contributed by atoms with Crippen LogP contribution in [0.15, 0.2) is 23.6 Å². The number of aromatic nitrogens is 2. The highest BCUT2D eigenvalue weighted by molar-refractivity contribution is 7.17. The Kier molecular flexibility index (Phi) is 8.46. The normalized spacial score (nSPS) is 16.4. The molecule has 9 heteroatoms. The number of nitrogens with zero attached hydrogens (tertiary/aromatic N) is 4. The van der Waals surface area contributed by atoms with Crippen LogP contribution >= 0.6 is 11.3 Å². The van der Waals surface area contributed by atoms with E-state index in [-0.39, 0.29) is 0 Å². The van der Waals surface area contributed by atoms with Crippen molar-refractivity contribution in [1.29, 1.82) is 0 Å². The van der Waals surface area contributed by atoms with Gasteiger partial charge in [0, 0.05) is 36.4 Å². The summed E-state index contributed by atoms with van der Waals surface area (Å²) < 4.78 is 12.0. The van der Waals surface area contributed by atoms with Gasteiger partial charge < -0.3 is 30.3 Å². The molecule has 0 unspecified atom stereocenters. The third-order valence-electron chi connectivity index (χ3n) is 6.97. The number of nitrogens with two attached hydrogens (primary N) is 1. The van der Waals surface area contributed by atoms with E-state index < -0.39 is 5.54 Å². The van der Waals surface area contributed by atoms with E-state index in [0.717, 1.165) is 65.3 Å². The van der Waals surface area contributed by atoms with Crippen LogP contribution < -0.4 is 25.4 Å². The smallest absolute Gasteiger partial charge is 0.231 e. The molecule has 0 amide bonds. The molecule has 37 heavy (non-hydrogen) atoms. The Morgan fingerprint density at radius 1 is 1.24 bits per heavy atom. The molecule has 3 heterocycles. The summed E-state index contributed by atoms with van der Waals surface area (Å²) in [6.45, 7) is 10.8. The number of ether oxygens (including phenoxy) is 2. The van der Waals surface area contributed by atoms with Crippen LogP contribution in [-0.2, 0) is 0 Å². The highest BCUT2D eigenvalue weighted by Gasteiger charge is 2.24. The first-order chi connectivity index (χ1) is 17.6. The van der Waals surface area contributed by atoms with Gasteiger partial charge in [0.05, 0.1) is 18.2 Å². The first-order valence-corrected chi connectivity index (χ1v) is 14.0. The van der Waals surface area contributed by atoms with Crippen molar-refractivity contribution >= 4 is 38.9 Å². The molecule has 0 spiro atoms. The Hall–Kier alpha value is -2.62. The van der Waals surface area contributed by atoms with Crippen LogP contribution in [0.1, 0.15) is 45.6 Å². The summed E-state index contributed by atoms with van der Waals surface area (Å²) in [6, 6.07) is 6.83. The second-order valence-corrected chi connectivity index (χ2v) is 12.0. The summed E-state index contributed by atoms with van der Waals surface area (Å²) >= 11 is 1.59. The van der Waals surface area contributed by atoms with Gasteiger partial charge in [0.25, 0.3) is 0 Å². The standard InChI is InChI=1S/C28H42N6O2S/c1-18(2)15-28(4,29)17-36-25-24-19(3)16-37-26(24)32-27(31-25)30-20-8-9-22(23(14-20)35-7)34-12-10-21(11-13-34)33(5)6/h8-9,14,16,18,21H,10-13,15,17,29H2,1-7H3,(H,30,31,32)/t28-/m0/s1. The van der Waals surface area contributed by atoms with Crippen LogP contribution in [-0.4, -0.2) is 67.4 Å². The number of piperidine rings is 1. The lowest BCUT2D eigenvalue weighted by Gasteiger charge is -2.37. The number of rotatable bonds is 10. The quantitative estimate of drug-likeness (QED) is 0.362. The first kappa shape index (κ1) is 27.4. The fourth-order valence-electron chi connectivity index (χ4n) is 5.20.